The van der Waals surface area contributed by atoms with Crippen LogP contribution in [-0.4, -0.2) is 17.8 Å². The van der Waals surface area contributed by atoms with Crippen LogP contribution in [0, 0.1) is 17.3 Å². The molecular formula is C55H46S. The predicted octanol–water partition coefficient (Wildman–Crippen LogP) is 14.3. The molecule has 0 amide bonds. The van der Waals surface area contributed by atoms with E-state index in [2.05, 4.69) is 208 Å². The van der Waals surface area contributed by atoms with E-state index in [1.165, 1.54) is 77.2 Å². The normalized spacial score (nSPS) is 26.2. The van der Waals surface area contributed by atoms with Crippen LogP contribution in [0.5, 0.6) is 0 Å². The molecule has 0 saturated heterocycles. The number of benzene rings is 6. The van der Waals surface area contributed by atoms with E-state index in [1.807, 2.05) is 0 Å². The first kappa shape index (κ1) is 33.7. The van der Waals surface area contributed by atoms with Crippen molar-refractivity contribution < 1.29 is 0 Å². The van der Waals surface area contributed by atoms with E-state index >= 15 is 0 Å². The third-order valence-electron chi connectivity index (χ3n) is 13.6. The maximum atomic E-state index is 2.76. The Kier molecular flexibility index (Phi) is 7.64. The average molecular weight is 739 g/mol. The molecule has 0 radical (unpaired) electrons. The minimum absolute atomic E-state index is 0.0208. The Labute approximate surface area is 333 Å². The van der Waals surface area contributed by atoms with E-state index in [-0.39, 0.29) is 11.3 Å². The highest BCUT2D eigenvalue weighted by Gasteiger charge is 2.50. The van der Waals surface area contributed by atoms with E-state index in [4.69, 9.17) is 0 Å². The second-order valence-corrected chi connectivity index (χ2v) is 20.9. The summed E-state index contributed by atoms with van der Waals surface area (Å²) in [7, 11) is -1.20. The van der Waals surface area contributed by atoms with Crippen molar-refractivity contribution >= 4 is 42.7 Å². The lowest BCUT2D eigenvalue weighted by Crippen LogP contribution is -2.39. The summed E-state index contributed by atoms with van der Waals surface area (Å²) in [6.07, 6.45) is 28.7. The van der Waals surface area contributed by atoms with E-state index < -0.39 is 10.0 Å². The Bertz CT molecular complexity index is 2830. The van der Waals surface area contributed by atoms with Crippen LogP contribution in [0.25, 0.3) is 43.8 Å². The number of fused-ring (bicyclic) bond motifs is 7. The van der Waals surface area contributed by atoms with Gasteiger partial charge >= 0.3 is 0 Å². The van der Waals surface area contributed by atoms with E-state index in [1.54, 1.807) is 4.90 Å². The van der Waals surface area contributed by atoms with Crippen molar-refractivity contribution in [1.82, 2.24) is 0 Å². The van der Waals surface area contributed by atoms with Gasteiger partial charge in [-0.1, -0.05) is 171 Å². The van der Waals surface area contributed by atoms with Gasteiger partial charge in [-0.2, -0.15) is 0 Å². The lowest BCUT2D eigenvalue weighted by atomic mass is 9.55. The molecule has 0 nitrogen and oxygen atoms in total. The van der Waals surface area contributed by atoms with Crippen molar-refractivity contribution in [3.63, 3.8) is 0 Å². The molecule has 0 saturated carbocycles. The number of allylic oxidation sites excluding steroid dienone is 13. The van der Waals surface area contributed by atoms with Crippen molar-refractivity contribution in [3.8, 4) is 11.1 Å². The Morgan fingerprint density at radius 3 is 2.00 bits per heavy atom. The van der Waals surface area contributed by atoms with E-state index in [0.717, 1.165) is 6.42 Å². The van der Waals surface area contributed by atoms with Crippen LogP contribution in [0.3, 0.4) is 0 Å². The van der Waals surface area contributed by atoms with Gasteiger partial charge in [0.2, 0.25) is 0 Å². The first-order valence-electron chi connectivity index (χ1n) is 20.2. The fourth-order valence-corrected chi connectivity index (χ4v) is 13.7. The summed E-state index contributed by atoms with van der Waals surface area (Å²) in [6, 6.07) is 50.0. The Balaban J connectivity index is 1.11. The molecule has 272 valence electrons. The average Bonchev–Trinajstić information content (AvgIpc) is 3.46. The molecule has 56 heavy (non-hydrogen) atoms. The molecule has 0 spiro atoms. The van der Waals surface area contributed by atoms with Crippen molar-refractivity contribution in [2.75, 3.05) is 12.5 Å². The smallest absolute Gasteiger partial charge is 0.0215 e. The Hall–Kier alpha value is -5.63. The second-order valence-electron chi connectivity index (χ2n) is 17.1. The third kappa shape index (κ3) is 5.21. The van der Waals surface area contributed by atoms with Gasteiger partial charge in [-0.15, -0.1) is 0 Å². The molecule has 1 heteroatoms. The molecule has 5 atom stereocenters. The van der Waals surface area contributed by atoms with Crippen LogP contribution in [0.15, 0.2) is 210 Å². The van der Waals surface area contributed by atoms with Gasteiger partial charge in [-0.3, -0.25) is 0 Å². The molecule has 0 N–H and O–H groups in total. The highest BCUT2D eigenvalue weighted by Crippen LogP contribution is 2.70. The number of hydrogen-bond donors (Lipinski definition) is 0. The number of hydrogen-bond acceptors (Lipinski definition) is 0. The predicted molar refractivity (Wildman–Crippen MR) is 242 cm³/mol. The topological polar surface area (TPSA) is 0 Å². The lowest BCUT2D eigenvalue weighted by molar-refractivity contribution is 0.254. The molecule has 6 aromatic carbocycles. The summed E-state index contributed by atoms with van der Waals surface area (Å²) < 4.78 is 0. The molecular weight excluding hydrogens is 693 g/mol. The summed E-state index contributed by atoms with van der Waals surface area (Å²) in [5.41, 5.74) is 13.9. The van der Waals surface area contributed by atoms with Gasteiger partial charge in [0, 0.05) is 23.0 Å². The van der Waals surface area contributed by atoms with Crippen molar-refractivity contribution in [2.45, 2.75) is 29.4 Å². The van der Waals surface area contributed by atoms with Gasteiger partial charge < -0.3 is 0 Å². The molecule has 5 aliphatic rings. The molecule has 6 aromatic rings. The minimum atomic E-state index is -1.20. The Morgan fingerprint density at radius 2 is 1.27 bits per heavy atom. The van der Waals surface area contributed by atoms with Crippen molar-refractivity contribution in [2.24, 2.45) is 17.3 Å². The van der Waals surface area contributed by atoms with Crippen LogP contribution < -0.4 is 0 Å². The van der Waals surface area contributed by atoms with Gasteiger partial charge in [-0.25, -0.2) is 10.0 Å². The monoisotopic (exact) mass is 738 g/mol. The van der Waals surface area contributed by atoms with E-state index in [9.17, 15) is 0 Å². The van der Waals surface area contributed by atoms with Gasteiger partial charge in [0.05, 0.1) is 0 Å². The van der Waals surface area contributed by atoms with Crippen LogP contribution in [0.1, 0.15) is 36.0 Å². The molecule has 11 rings (SSSR count). The quantitative estimate of drug-likeness (QED) is 0.169. The van der Waals surface area contributed by atoms with Crippen LogP contribution in [-0.2, 0) is 0 Å². The maximum Gasteiger partial charge on any atom is 0.0215 e. The summed E-state index contributed by atoms with van der Waals surface area (Å²) in [4.78, 5) is 1.57. The first-order valence-corrected chi connectivity index (χ1v) is 22.7. The lowest BCUT2D eigenvalue weighted by Gasteiger charge is -2.49. The maximum absolute atomic E-state index is 2.76. The molecule has 4 aliphatic carbocycles. The van der Waals surface area contributed by atoms with Gasteiger partial charge in [0.1, 0.15) is 0 Å². The van der Waals surface area contributed by atoms with Crippen LogP contribution >= 0.6 is 10.0 Å². The third-order valence-corrected chi connectivity index (χ3v) is 16.9. The molecule has 1 heterocycles. The van der Waals surface area contributed by atoms with Gasteiger partial charge in [-0.05, 0) is 131 Å². The summed E-state index contributed by atoms with van der Waals surface area (Å²) in [6.45, 7) is 2.51. The van der Waals surface area contributed by atoms with Crippen LogP contribution in [0.4, 0.5) is 0 Å². The second kappa shape index (κ2) is 12.7. The molecule has 0 fully saturated rings. The fraction of sp³-hybridized carbons (Fsp3) is 0.164. The largest absolute Gasteiger partial charge is 0.213 e. The minimum Gasteiger partial charge on any atom is -0.213 e. The SMILES string of the molecule is CC1(C2C3=CC4c5ccc(-c6ccc7ccccc7c6)cc5S(C)(C)C4C=C3C(c3ccccc3)=C3C=C(c4ccc5ccccc5c4)C=CC32)C=CC=CC1. The first-order chi connectivity index (χ1) is 27.4. The fourth-order valence-electron chi connectivity index (χ4n) is 10.7. The number of rotatable bonds is 4. The highest BCUT2D eigenvalue weighted by atomic mass is 32.3. The Morgan fingerprint density at radius 1 is 0.607 bits per heavy atom. The summed E-state index contributed by atoms with van der Waals surface area (Å²) in [5.74, 6) is 0.929. The summed E-state index contributed by atoms with van der Waals surface area (Å²) >= 11 is 0. The van der Waals surface area contributed by atoms with E-state index in [0.29, 0.717) is 17.1 Å². The highest BCUT2D eigenvalue weighted by molar-refractivity contribution is 8.33. The van der Waals surface area contributed by atoms with Gasteiger partial charge in [0.25, 0.3) is 0 Å². The zero-order valence-corrected chi connectivity index (χ0v) is 33.1. The zero-order valence-electron chi connectivity index (χ0n) is 32.3. The molecule has 5 unspecified atom stereocenters. The molecule has 0 bridgehead atoms. The standard InChI is InChI=1S/C55H46S/c1-55(28-12-5-13-29-55)54-46-27-25-43(41-22-20-36-14-8-10-18-39(36)30-41)32-48(46)53(38-16-6-4-7-17-38)49-35-52-47(34-50(49)54)45-26-24-44(33-51(45)56(52,2)3)42-23-21-37-15-9-11-19-40(37)31-42/h4-28,30-35,46-47,52,54H,29H2,1-3H3. The van der Waals surface area contributed by atoms with Crippen LogP contribution in [0.2, 0.25) is 0 Å². The summed E-state index contributed by atoms with van der Waals surface area (Å²) in [5, 5.41) is 5.58. The molecule has 0 aromatic heterocycles. The van der Waals surface area contributed by atoms with Crippen molar-refractivity contribution in [1.29, 1.82) is 0 Å². The van der Waals surface area contributed by atoms with Crippen molar-refractivity contribution in [3.05, 3.63) is 222 Å². The zero-order chi connectivity index (χ0) is 37.6. The molecule has 1 aliphatic heterocycles. The van der Waals surface area contributed by atoms with Gasteiger partial charge in [0.15, 0.2) is 0 Å².